The molecule has 0 fully saturated rings. The van der Waals surface area contributed by atoms with Crippen LogP contribution in [0.25, 0.3) is 0 Å². The SMILES string of the molecule is OC1=CC=C2C=CC=CC2C1. The fourth-order valence-corrected chi connectivity index (χ4v) is 1.45. The van der Waals surface area contributed by atoms with Gasteiger partial charge in [0, 0.05) is 12.3 Å². The minimum atomic E-state index is 0.407. The molecule has 0 saturated heterocycles. The van der Waals surface area contributed by atoms with E-state index in [0.29, 0.717) is 11.7 Å². The van der Waals surface area contributed by atoms with E-state index in [1.54, 1.807) is 6.08 Å². The van der Waals surface area contributed by atoms with Crippen molar-refractivity contribution in [2.75, 3.05) is 0 Å². The standard InChI is InChI=1S/C10H10O/c11-10-6-5-8-3-1-2-4-9(8)7-10/h1-6,9,11H,7H2. The van der Waals surface area contributed by atoms with Crippen LogP contribution in [0.2, 0.25) is 0 Å². The summed E-state index contributed by atoms with van der Waals surface area (Å²) >= 11 is 0. The average Bonchev–Trinajstić information content (AvgIpc) is 2.04. The highest BCUT2D eigenvalue weighted by Gasteiger charge is 2.15. The van der Waals surface area contributed by atoms with Crippen LogP contribution in [0.3, 0.4) is 0 Å². The fraction of sp³-hybridized carbons (Fsp3) is 0.200. The van der Waals surface area contributed by atoms with Gasteiger partial charge in [0.2, 0.25) is 0 Å². The molecular weight excluding hydrogens is 136 g/mol. The van der Waals surface area contributed by atoms with Gasteiger partial charge in [-0.2, -0.15) is 0 Å². The van der Waals surface area contributed by atoms with E-state index in [-0.39, 0.29) is 0 Å². The van der Waals surface area contributed by atoms with Crippen molar-refractivity contribution in [2.45, 2.75) is 6.42 Å². The van der Waals surface area contributed by atoms with Gasteiger partial charge in [-0.15, -0.1) is 0 Å². The molecule has 2 aliphatic rings. The van der Waals surface area contributed by atoms with Crippen molar-refractivity contribution in [1.82, 2.24) is 0 Å². The molecule has 56 valence electrons. The largest absolute Gasteiger partial charge is 0.512 e. The van der Waals surface area contributed by atoms with Gasteiger partial charge in [-0.05, 0) is 11.6 Å². The minimum absolute atomic E-state index is 0.407. The Bertz CT molecular complexity index is 279. The predicted octanol–water partition coefficient (Wildman–Crippen LogP) is 2.50. The molecule has 0 spiro atoms. The highest BCUT2D eigenvalue weighted by molar-refractivity contribution is 5.39. The average molecular weight is 146 g/mol. The summed E-state index contributed by atoms with van der Waals surface area (Å²) in [6, 6.07) is 0. The molecule has 11 heavy (non-hydrogen) atoms. The van der Waals surface area contributed by atoms with Crippen molar-refractivity contribution in [3.63, 3.8) is 0 Å². The van der Waals surface area contributed by atoms with E-state index in [0.717, 1.165) is 6.42 Å². The van der Waals surface area contributed by atoms with Crippen molar-refractivity contribution in [1.29, 1.82) is 0 Å². The number of allylic oxidation sites excluding steroid dienone is 8. The second-order valence-corrected chi connectivity index (χ2v) is 2.88. The van der Waals surface area contributed by atoms with Crippen molar-refractivity contribution in [2.24, 2.45) is 5.92 Å². The quantitative estimate of drug-likeness (QED) is 0.556. The van der Waals surface area contributed by atoms with Crippen LogP contribution in [0.5, 0.6) is 0 Å². The molecule has 1 N–H and O–H groups in total. The zero-order valence-electron chi connectivity index (χ0n) is 6.20. The molecule has 0 aromatic carbocycles. The Kier molecular flexibility index (Phi) is 1.42. The third-order valence-electron chi connectivity index (χ3n) is 2.07. The monoisotopic (exact) mass is 146 g/mol. The van der Waals surface area contributed by atoms with Gasteiger partial charge in [0.25, 0.3) is 0 Å². The van der Waals surface area contributed by atoms with Crippen LogP contribution >= 0.6 is 0 Å². The van der Waals surface area contributed by atoms with Crippen molar-refractivity contribution in [3.05, 3.63) is 47.8 Å². The Balaban J connectivity index is 2.33. The first-order valence-electron chi connectivity index (χ1n) is 3.81. The summed E-state index contributed by atoms with van der Waals surface area (Å²) < 4.78 is 0. The second kappa shape index (κ2) is 2.42. The van der Waals surface area contributed by atoms with Crippen molar-refractivity contribution in [3.8, 4) is 0 Å². The van der Waals surface area contributed by atoms with Crippen molar-refractivity contribution < 1.29 is 5.11 Å². The lowest BCUT2D eigenvalue weighted by atomic mass is 9.87. The van der Waals surface area contributed by atoms with Crippen molar-refractivity contribution >= 4 is 0 Å². The van der Waals surface area contributed by atoms with Gasteiger partial charge >= 0.3 is 0 Å². The van der Waals surface area contributed by atoms with Crippen LogP contribution in [-0.2, 0) is 0 Å². The first-order valence-corrected chi connectivity index (χ1v) is 3.81. The van der Waals surface area contributed by atoms with Gasteiger partial charge in [0.15, 0.2) is 0 Å². The maximum atomic E-state index is 9.21. The lowest BCUT2D eigenvalue weighted by Gasteiger charge is -2.19. The first kappa shape index (κ1) is 6.47. The van der Waals surface area contributed by atoms with E-state index < -0.39 is 0 Å². The number of aliphatic hydroxyl groups is 1. The van der Waals surface area contributed by atoms with E-state index in [2.05, 4.69) is 12.2 Å². The molecule has 1 atom stereocenters. The van der Waals surface area contributed by atoms with Crippen LogP contribution in [-0.4, -0.2) is 5.11 Å². The molecule has 0 saturated carbocycles. The molecule has 0 aromatic rings. The highest BCUT2D eigenvalue weighted by atomic mass is 16.3. The molecule has 1 heteroatoms. The maximum absolute atomic E-state index is 9.21. The Morgan fingerprint density at radius 2 is 2.18 bits per heavy atom. The van der Waals surface area contributed by atoms with Crippen LogP contribution in [0.4, 0.5) is 0 Å². The minimum Gasteiger partial charge on any atom is -0.512 e. The molecule has 0 aliphatic heterocycles. The van der Waals surface area contributed by atoms with Gasteiger partial charge in [0.05, 0.1) is 5.76 Å². The third-order valence-corrected chi connectivity index (χ3v) is 2.07. The molecule has 0 radical (unpaired) electrons. The Morgan fingerprint density at radius 3 is 3.09 bits per heavy atom. The molecule has 2 rings (SSSR count). The van der Waals surface area contributed by atoms with Crippen LogP contribution in [0.15, 0.2) is 47.8 Å². The number of hydrogen-bond donors (Lipinski definition) is 1. The number of hydrogen-bond acceptors (Lipinski definition) is 1. The van der Waals surface area contributed by atoms with Crippen LogP contribution < -0.4 is 0 Å². The van der Waals surface area contributed by atoms with E-state index in [1.807, 2.05) is 18.2 Å². The highest BCUT2D eigenvalue weighted by Crippen LogP contribution is 2.28. The third kappa shape index (κ3) is 1.14. The molecule has 0 aromatic heterocycles. The lowest BCUT2D eigenvalue weighted by Crippen LogP contribution is -2.06. The lowest BCUT2D eigenvalue weighted by molar-refractivity contribution is 0.373. The zero-order chi connectivity index (χ0) is 7.68. The molecule has 1 unspecified atom stereocenters. The van der Waals surface area contributed by atoms with Crippen LogP contribution in [0.1, 0.15) is 6.42 Å². The normalized spacial score (nSPS) is 27.5. The molecular formula is C10H10O. The second-order valence-electron chi connectivity index (χ2n) is 2.88. The van der Waals surface area contributed by atoms with Gasteiger partial charge in [-0.3, -0.25) is 0 Å². The predicted molar refractivity (Wildman–Crippen MR) is 45.2 cm³/mol. The summed E-state index contributed by atoms with van der Waals surface area (Å²) in [6.45, 7) is 0. The summed E-state index contributed by atoms with van der Waals surface area (Å²) in [4.78, 5) is 0. The summed E-state index contributed by atoms with van der Waals surface area (Å²) in [5, 5.41) is 9.21. The number of rotatable bonds is 0. The Morgan fingerprint density at radius 1 is 1.27 bits per heavy atom. The Labute approximate surface area is 66.0 Å². The van der Waals surface area contributed by atoms with Crippen LogP contribution in [0, 0.1) is 5.92 Å². The number of aliphatic hydroxyl groups excluding tert-OH is 1. The van der Waals surface area contributed by atoms with Gasteiger partial charge in [0.1, 0.15) is 0 Å². The summed E-state index contributed by atoms with van der Waals surface area (Å²) in [6.07, 6.45) is 12.8. The van der Waals surface area contributed by atoms with Gasteiger partial charge in [-0.25, -0.2) is 0 Å². The van der Waals surface area contributed by atoms with E-state index >= 15 is 0 Å². The summed E-state index contributed by atoms with van der Waals surface area (Å²) in [5.74, 6) is 0.892. The van der Waals surface area contributed by atoms with E-state index in [9.17, 15) is 5.11 Å². The maximum Gasteiger partial charge on any atom is 0.0931 e. The first-order chi connectivity index (χ1) is 5.36. The molecule has 2 aliphatic carbocycles. The summed E-state index contributed by atoms with van der Waals surface area (Å²) in [5.41, 5.74) is 1.30. The van der Waals surface area contributed by atoms with E-state index in [1.165, 1.54) is 5.57 Å². The Hall–Kier alpha value is -1.24. The van der Waals surface area contributed by atoms with E-state index in [4.69, 9.17) is 0 Å². The van der Waals surface area contributed by atoms with Gasteiger partial charge in [-0.1, -0.05) is 30.4 Å². The van der Waals surface area contributed by atoms with Gasteiger partial charge < -0.3 is 5.11 Å². The zero-order valence-corrected chi connectivity index (χ0v) is 6.20. The fourth-order valence-electron chi connectivity index (χ4n) is 1.45. The smallest absolute Gasteiger partial charge is 0.0931 e. The molecule has 1 nitrogen and oxygen atoms in total. The topological polar surface area (TPSA) is 20.2 Å². The summed E-state index contributed by atoms with van der Waals surface area (Å²) in [7, 11) is 0. The molecule has 0 bridgehead atoms. The number of fused-ring (bicyclic) bond motifs is 1. The molecule has 0 amide bonds. The molecule has 0 heterocycles.